The lowest BCUT2D eigenvalue weighted by atomic mass is 9.69. The summed E-state index contributed by atoms with van der Waals surface area (Å²) >= 11 is 8.86. The normalized spacial score (nSPS) is 22.1. The summed E-state index contributed by atoms with van der Waals surface area (Å²) in [6.45, 7) is 8.01. The van der Waals surface area contributed by atoms with E-state index in [-0.39, 0.29) is 83.6 Å². The van der Waals surface area contributed by atoms with Gasteiger partial charge in [-0.3, -0.25) is 14.2 Å². The maximum Gasteiger partial charge on any atom is 0.417 e. The van der Waals surface area contributed by atoms with Crippen molar-refractivity contribution in [2.24, 2.45) is 5.41 Å². The summed E-state index contributed by atoms with van der Waals surface area (Å²) < 4.78 is 45.9. The van der Waals surface area contributed by atoms with Crippen molar-refractivity contribution in [3.8, 4) is 11.1 Å². The number of carbonyl (C=O) groups is 2. The number of aromatic nitrogens is 2. The number of ketones is 1. The SMILES string of the molecule is C=CC(=O)N1[C@H](C)CN(c2nc(=O)n3c4c(c(-c5cscc5Cl)c(C(F)(F)F)cc24)SCC2(CC(=O)C2)C3)C[C@@H]1C. The summed E-state index contributed by atoms with van der Waals surface area (Å²) in [5.41, 5.74) is -1.40. The van der Waals surface area contributed by atoms with Crippen LogP contribution in [0, 0.1) is 5.41 Å². The van der Waals surface area contributed by atoms with Crippen LogP contribution in [0.4, 0.5) is 19.0 Å². The van der Waals surface area contributed by atoms with E-state index in [1.807, 2.05) is 13.8 Å². The predicted molar refractivity (Wildman–Crippen MR) is 155 cm³/mol. The summed E-state index contributed by atoms with van der Waals surface area (Å²) in [4.78, 5) is 46.4. The Morgan fingerprint density at radius 3 is 2.44 bits per heavy atom. The van der Waals surface area contributed by atoms with Crippen LogP contribution in [0.3, 0.4) is 0 Å². The molecule has 13 heteroatoms. The van der Waals surface area contributed by atoms with Crippen molar-refractivity contribution in [3.05, 3.63) is 50.6 Å². The molecule has 1 spiro atoms. The molecule has 3 aromatic rings. The fourth-order valence-electron chi connectivity index (χ4n) is 6.51. The molecule has 2 fully saturated rings. The van der Waals surface area contributed by atoms with Gasteiger partial charge in [0.2, 0.25) is 5.91 Å². The maximum absolute atomic E-state index is 14.8. The molecule has 0 bridgehead atoms. The molecule has 1 aliphatic carbocycles. The van der Waals surface area contributed by atoms with E-state index in [0.29, 0.717) is 16.2 Å². The number of piperazine rings is 1. The molecule has 0 unspecified atom stereocenters. The molecule has 2 aliphatic heterocycles. The number of Topliss-reactive ketones (excluding diaryl/α,β-unsaturated/α-hetero) is 1. The van der Waals surface area contributed by atoms with Gasteiger partial charge in [0.15, 0.2) is 0 Å². The summed E-state index contributed by atoms with van der Waals surface area (Å²) in [5.74, 6) is 0.370. The average Bonchev–Trinajstić information content (AvgIpc) is 3.22. The van der Waals surface area contributed by atoms with Crippen LogP contribution in [-0.2, 0) is 22.3 Å². The van der Waals surface area contributed by atoms with E-state index < -0.39 is 22.8 Å². The molecule has 1 aromatic carbocycles. The lowest BCUT2D eigenvalue weighted by Crippen LogP contribution is -2.58. The monoisotopic (exact) mass is 622 g/mol. The summed E-state index contributed by atoms with van der Waals surface area (Å²) in [6.07, 6.45) is -2.96. The molecule has 4 heterocycles. The van der Waals surface area contributed by atoms with Crippen LogP contribution in [0.25, 0.3) is 22.0 Å². The molecule has 41 heavy (non-hydrogen) atoms. The van der Waals surface area contributed by atoms with Crippen LogP contribution in [0.15, 0.2) is 39.2 Å². The molecule has 3 aliphatic rings. The van der Waals surface area contributed by atoms with E-state index in [9.17, 15) is 27.6 Å². The van der Waals surface area contributed by atoms with Crippen molar-refractivity contribution < 1.29 is 22.8 Å². The van der Waals surface area contributed by atoms with Crippen LogP contribution in [-0.4, -0.2) is 57.1 Å². The molecule has 7 nitrogen and oxygen atoms in total. The van der Waals surface area contributed by atoms with Gasteiger partial charge in [0.25, 0.3) is 0 Å². The predicted octanol–water partition coefficient (Wildman–Crippen LogP) is 5.86. The minimum absolute atomic E-state index is 0.0580. The number of carbonyl (C=O) groups excluding carboxylic acids is 2. The van der Waals surface area contributed by atoms with Gasteiger partial charge in [-0.05, 0) is 26.0 Å². The van der Waals surface area contributed by atoms with Gasteiger partial charge in [0, 0.05) is 87.9 Å². The van der Waals surface area contributed by atoms with Crippen LogP contribution < -0.4 is 10.6 Å². The zero-order valence-corrected chi connectivity index (χ0v) is 24.6. The van der Waals surface area contributed by atoms with Crippen LogP contribution >= 0.6 is 34.7 Å². The van der Waals surface area contributed by atoms with Crippen molar-refractivity contribution >= 4 is 63.1 Å². The first-order valence-corrected chi connectivity index (χ1v) is 15.4. The van der Waals surface area contributed by atoms with Gasteiger partial charge in [0.05, 0.1) is 16.1 Å². The van der Waals surface area contributed by atoms with Gasteiger partial charge in [0.1, 0.15) is 11.6 Å². The molecule has 0 N–H and O–H groups in total. The number of thioether (sulfide) groups is 1. The lowest BCUT2D eigenvalue weighted by Gasteiger charge is -2.44. The van der Waals surface area contributed by atoms with Crippen molar-refractivity contribution in [1.29, 1.82) is 0 Å². The first-order chi connectivity index (χ1) is 19.3. The van der Waals surface area contributed by atoms with Crippen molar-refractivity contribution in [3.63, 3.8) is 0 Å². The molecule has 216 valence electrons. The molecule has 1 saturated carbocycles. The van der Waals surface area contributed by atoms with Gasteiger partial charge in [-0.15, -0.1) is 11.8 Å². The molecular weight excluding hydrogens is 597 g/mol. The average molecular weight is 623 g/mol. The number of benzene rings is 1. The molecule has 2 aromatic heterocycles. The van der Waals surface area contributed by atoms with Crippen LogP contribution in [0.2, 0.25) is 5.02 Å². The zero-order chi connectivity index (χ0) is 29.4. The molecular formula is C28H26ClF3N4O3S2. The first-order valence-electron chi connectivity index (χ1n) is 13.1. The zero-order valence-electron chi connectivity index (χ0n) is 22.3. The number of alkyl halides is 3. The molecule has 6 rings (SSSR count). The first kappa shape index (κ1) is 28.3. The third-order valence-electron chi connectivity index (χ3n) is 8.20. The Morgan fingerprint density at radius 1 is 1.20 bits per heavy atom. The van der Waals surface area contributed by atoms with E-state index in [1.165, 1.54) is 33.7 Å². The van der Waals surface area contributed by atoms with Gasteiger partial charge >= 0.3 is 11.9 Å². The van der Waals surface area contributed by atoms with E-state index in [1.54, 1.807) is 20.6 Å². The van der Waals surface area contributed by atoms with Gasteiger partial charge < -0.3 is 9.80 Å². The number of halogens is 4. The number of thiophene rings is 1. The van der Waals surface area contributed by atoms with Crippen molar-refractivity contribution in [2.45, 2.75) is 56.4 Å². The van der Waals surface area contributed by atoms with Gasteiger partial charge in [-0.2, -0.15) is 29.5 Å². The number of rotatable bonds is 3. The lowest BCUT2D eigenvalue weighted by molar-refractivity contribution is -0.137. The number of hydrogen-bond donors (Lipinski definition) is 0. The third kappa shape index (κ3) is 4.58. The number of nitrogens with zero attached hydrogens (tertiary/aromatic N) is 4. The van der Waals surface area contributed by atoms with E-state index in [0.717, 1.165) is 6.07 Å². The second-order valence-corrected chi connectivity index (χ2v) is 13.3. The third-order valence-corrected chi connectivity index (χ3v) is 10.8. The highest BCUT2D eigenvalue weighted by Gasteiger charge is 2.47. The molecule has 1 amide bonds. The Hall–Kier alpha value is -2.83. The van der Waals surface area contributed by atoms with Crippen molar-refractivity contribution in [1.82, 2.24) is 14.5 Å². The van der Waals surface area contributed by atoms with E-state index in [4.69, 9.17) is 11.6 Å². The highest BCUT2D eigenvalue weighted by atomic mass is 35.5. The molecule has 2 atom stereocenters. The smallest absolute Gasteiger partial charge is 0.352 e. The fourth-order valence-corrected chi connectivity index (χ4v) is 9.04. The minimum atomic E-state index is -4.73. The highest BCUT2D eigenvalue weighted by molar-refractivity contribution is 7.99. The Balaban J connectivity index is 1.63. The second kappa shape index (κ2) is 9.88. The second-order valence-electron chi connectivity index (χ2n) is 11.2. The Kier molecular flexibility index (Phi) is 6.82. The largest absolute Gasteiger partial charge is 0.417 e. The standard InChI is InChI=1S/C28H26ClF3N4O3S2/c1-4-21(38)36-14(2)8-34(9-15(36)3)25-17-5-19(28(30,31)32)22(18-10-40-11-20(18)29)24-23(17)35(26(39)33-25)12-27(13-41-24)6-16(37)7-27/h4-5,10-11,14-15H,1,6-9,12-13H2,2-3H3/t14-,15+. The van der Waals surface area contributed by atoms with E-state index >= 15 is 0 Å². The maximum atomic E-state index is 14.8. The summed E-state index contributed by atoms with van der Waals surface area (Å²) in [7, 11) is 0. The van der Waals surface area contributed by atoms with Gasteiger partial charge in [-0.25, -0.2) is 4.79 Å². The van der Waals surface area contributed by atoms with Crippen LogP contribution in [0.5, 0.6) is 0 Å². The summed E-state index contributed by atoms with van der Waals surface area (Å²) in [5, 5.41) is 3.58. The van der Waals surface area contributed by atoms with E-state index in [2.05, 4.69) is 11.6 Å². The quantitative estimate of drug-likeness (QED) is 0.341. The van der Waals surface area contributed by atoms with Gasteiger partial charge in [-0.1, -0.05) is 18.2 Å². The fraction of sp³-hybridized carbons (Fsp3) is 0.429. The number of anilines is 1. The van der Waals surface area contributed by atoms with Crippen molar-refractivity contribution in [2.75, 3.05) is 23.7 Å². The summed E-state index contributed by atoms with van der Waals surface area (Å²) in [6, 6.07) is 0.480. The highest BCUT2D eigenvalue weighted by Crippen LogP contribution is 2.54. The molecule has 0 radical (unpaired) electrons. The number of hydrogen-bond acceptors (Lipinski definition) is 7. The van der Waals surface area contributed by atoms with Crippen LogP contribution in [0.1, 0.15) is 32.3 Å². The minimum Gasteiger partial charge on any atom is -0.352 e. The molecule has 1 saturated heterocycles. The number of amides is 1. The topological polar surface area (TPSA) is 75.5 Å². The Labute approximate surface area is 247 Å². The Morgan fingerprint density at radius 2 is 1.88 bits per heavy atom. The Bertz CT molecular complexity index is 1660.